The molecule has 6 heteroatoms. The van der Waals surface area contributed by atoms with E-state index in [0.29, 0.717) is 17.3 Å². The third-order valence-corrected chi connectivity index (χ3v) is 20.0. The van der Waals surface area contributed by atoms with Crippen LogP contribution in [0, 0.1) is 11.7 Å². The summed E-state index contributed by atoms with van der Waals surface area (Å²) >= 11 is 0. The van der Waals surface area contributed by atoms with Crippen molar-refractivity contribution < 1.29 is 18.9 Å². The van der Waals surface area contributed by atoms with Crippen LogP contribution in [0.5, 0.6) is 11.5 Å². The summed E-state index contributed by atoms with van der Waals surface area (Å²) in [5.41, 5.74) is 7.68. The molecule has 13 rings (SSSR count). The second-order valence-corrected chi connectivity index (χ2v) is 26.5. The van der Waals surface area contributed by atoms with E-state index >= 15 is 0 Å². The minimum absolute atomic E-state index is 0.107. The van der Waals surface area contributed by atoms with E-state index in [2.05, 4.69) is 200 Å². The molecule has 0 N–H and O–H groups in total. The van der Waals surface area contributed by atoms with Crippen LogP contribution in [0.25, 0.3) is 72.3 Å². The summed E-state index contributed by atoms with van der Waals surface area (Å²) in [6, 6.07) is 78.6. The van der Waals surface area contributed by atoms with E-state index in [-0.39, 0.29) is 22.1 Å². The summed E-state index contributed by atoms with van der Waals surface area (Å²) in [5, 5.41) is 7.07. The van der Waals surface area contributed by atoms with Crippen molar-refractivity contribution in [2.24, 2.45) is 5.41 Å². The molecule has 0 saturated carbocycles. The van der Waals surface area contributed by atoms with Crippen molar-refractivity contribution in [1.82, 2.24) is 14.1 Å². The fourth-order valence-corrected chi connectivity index (χ4v) is 16.6. The molecule has 0 bridgehead atoms. The van der Waals surface area contributed by atoms with Crippen molar-refractivity contribution in [3.8, 4) is 50.9 Å². The lowest BCUT2D eigenvalue weighted by Crippen LogP contribution is -2.74. The lowest BCUT2D eigenvalue weighted by Gasteiger charge is -2.35. The van der Waals surface area contributed by atoms with Crippen LogP contribution in [-0.2, 0) is 11.8 Å². The Balaban J connectivity index is 0.925. The zero-order chi connectivity index (χ0) is 61.4. The number of rotatable bonds is 12. The number of hydrogen-bond donors (Lipinski definition) is 0. The van der Waals surface area contributed by atoms with Crippen LogP contribution in [0.15, 0.2) is 267 Å². The van der Waals surface area contributed by atoms with Gasteiger partial charge in [-0.05, 0) is 108 Å². The maximum atomic E-state index is 9.61. The average molecular weight is 1070 g/mol. The van der Waals surface area contributed by atoms with Crippen LogP contribution < -0.4 is 30.1 Å². The monoisotopic (exact) mass is 1070 g/mol. The van der Waals surface area contributed by atoms with Gasteiger partial charge < -0.3 is 4.74 Å². The average Bonchev–Trinajstić information content (AvgIpc) is 1.15. The van der Waals surface area contributed by atoms with Crippen molar-refractivity contribution in [2.75, 3.05) is 0 Å². The van der Waals surface area contributed by atoms with Crippen molar-refractivity contribution in [2.45, 2.75) is 53.3 Å². The summed E-state index contributed by atoms with van der Waals surface area (Å²) in [5.74, 6) is 1.53. The van der Waals surface area contributed by atoms with E-state index in [1.54, 1.807) is 26.8 Å². The zero-order valence-electron chi connectivity index (χ0n) is 53.2. The number of aromatic nitrogens is 4. The smallest absolute Gasteiger partial charge is 0.269 e. The van der Waals surface area contributed by atoms with Crippen LogP contribution in [0.3, 0.4) is 0 Å². The van der Waals surface area contributed by atoms with Gasteiger partial charge in [0.15, 0.2) is 8.07 Å². The largest absolute Gasteiger partial charge is 0.458 e. The molecule has 0 aliphatic heterocycles. The molecule has 10 aromatic carbocycles. The molecule has 394 valence electrons. The maximum absolute atomic E-state index is 9.61. The lowest BCUT2D eigenvalue weighted by atomic mass is 9.83. The molecule has 81 heavy (non-hydrogen) atoms. The Morgan fingerprint density at radius 2 is 1.14 bits per heavy atom. The number of ether oxygens (including phenoxy) is 1. The van der Waals surface area contributed by atoms with E-state index in [0.717, 1.165) is 55.3 Å². The Hall–Kier alpha value is -9.36. The van der Waals surface area contributed by atoms with E-state index in [1.807, 2.05) is 65.2 Å². The lowest BCUT2D eigenvalue weighted by molar-refractivity contribution is -0.572. The Morgan fingerprint density at radius 3 is 1.83 bits per heavy atom. The molecule has 0 spiro atoms. The minimum Gasteiger partial charge on any atom is -0.458 e. The third-order valence-electron chi connectivity index (χ3n) is 15.2. The van der Waals surface area contributed by atoms with Gasteiger partial charge in [-0.25, -0.2) is 4.98 Å². The second-order valence-electron chi connectivity index (χ2n) is 22.7. The molecular weight excluding hydrogens is 1000 g/mol. The Labute approximate surface area is 486 Å². The molecule has 0 fully saturated rings. The summed E-state index contributed by atoms with van der Waals surface area (Å²) < 4.78 is 75.4. The first-order valence-electron chi connectivity index (χ1n) is 31.0. The first-order chi connectivity index (χ1) is 42.3. The molecule has 0 radical (unpaired) electrons. The molecule has 0 aliphatic rings. The predicted octanol–water partition coefficient (Wildman–Crippen LogP) is 15.6. The molecule has 5 nitrogen and oxygen atoms in total. The van der Waals surface area contributed by atoms with Gasteiger partial charge in [0.05, 0.1) is 40.3 Å². The van der Waals surface area contributed by atoms with Gasteiger partial charge in [0, 0.05) is 31.3 Å². The van der Waals surface area contributed by atoms with Crippen molar-refractivity contribution in [1.29, 1.82) is 0 Å². The van der Waals surface area contributed by atoms with Gasteiger partial charge in [0.2, 0.25) is 0 Å². The molecule has 0 amide bonds. The number of hydrogen-bond acceptors (Lipinski definition) is 2. The number of fused-ring (bicyclic) bond motifs is 4. The summed E-state index contributed by atoms with van der Waals surface area (Å²) in [6.07, 6.45) is 3.26. The highest BCUT2D eigenvalue weighted by atomic mass is 28.3. The standard InChI is InChI=1S/C75H64N4OSi/c1-74(2,3)50-55-47-72(76-51-66(55)53-26-11-7-12-27-53)79-68-41-20-19-38-64(68)65-45-44-58(49-71(65)79)80-57-30-24-29-56(48-57)77-52-78(70-43-22-21-42-69(70)77)73-63(39-25-40-67(73)75(4,5)6)54-28-23-37-62(46-54)81(59-31-13-8-14-32-59,60-33-15-9-16-34-60)61-35-17-10-18-36-61/h7-49,51H,50H2,1-6H3/i7D,11D,12D,26D,27D,50D2. The summed E-state index contributed by atoms with van der Waals surface area (Å²) in [6.45, 7) is 12.2. The van der Waals surface area contributed by atoms with Crippen LogP contribution >= 0.6 is 0 Å². The molecule has 0 unspecified atom stereocenters. The van der Waals surface area contributed by atoms with Gasteiger partial charge in [-0.15, -0.1) is 0 Å². The van der Waals surface area contributed by atoms with Gasteiger partial charge in [0.1, 0.15) is 17.3 Å². The topological polar surface area (TPSA) is 35.9 Å². The first-order valence-corrected chi connectivity index (χ1v) is 29.5. The predicted molar refractivity (Wildman–Crippen MR) is 339 cm³/mol. The number of nitrogens with zero attached hydrogens (tertiary/aromatic N) is 4. The van der Waals surface area contributed by atoms with Crippen molar-refractivity contribution >= 4 is 61.7 Å². The zero-order valence-corrected chi connectivity index (χ0v) is 47.2. The van der Waals surface area contributed by atoms with E-state index in [4.69, 9.17) is 16.6 Å². The molecule has 0 aliphatic carbocycles. The van der Waals surface area contributed by atoms with Gasteiger partial charge in [0.25, 0.3) is 6.33 Å². The molecule has 13 aromatic rings. The number of pyridine rings is 1. The highest BCUT2D eigenvalue weighted by molar-refractivity contribution is 7.19. The van der Waals surface area contributed by atoms with Crippen molar-refractivity contribution in [3.63, 3.8) is 0 Å². The van der Waals surface area contributed by atoms with Gasteiger partial charge >= 0.3 is 0 Å². The van der Waals surface area contributed by atoms with Crippen LogP contribution in [0.1, 0.15) is 62.3 Å². The second kappa shape index (κ2) is 20.7. The minimum atomic E-state index is -2.88. The number of imidazole rings is 1. The maximum Gasteiger partial charge on any atom is 0.269 e. The van der Waals surface area contributed by atoms with Gasteiger partial charge in [-0.1, -0.05) is 254 Å². The van der Waals surface area contributed by atoms with E-state index in [1.165, 1.54) is 32.5 Å². The molecule has 3 aromatic heterocycles. The van der Waals surface area contributed by atoms with Crippen LogP contribution in [0.2, 0.25) is 0 Å². The number of benzene rings is 10. The highest BCUT2D eigenvalue weighted by Gasteiger charge is 2.41. The van der Waals surface area contributed by atoms with Crippen molar-refractivity contribution in [3.05, 3.63) is 284 Å². The molecular formula is C75H64N4OSi. The molecule has 0 atom stereocenters. The van der Waals surface area contributed by atoms with Gasteiger partial charge in [-0.3, -0.25) is 13.7 Å². The van der Waals surface area contributed by atoms with Gasteiger partial charge in [-0.2, -0.15) is 0 Å². The number of para-hydroxylation sites is 4. The first kappa shape index (κ1) is 43.5. The molecule has 3 heterocycles. The van der Waals surface area contributed by atoms with Crippen LogP contribution in [-0.4, -0.2) is 22.2 Å². The fourth-order valence-electron chi connectivity index (χ4n) is 11.8. The Bertz CT molecular complexity index is 4710. The molecule has 0 saturated heterocycles. The SMILES string of the molecule is [2H]c1c([2H])c([2H])c(-c2cnc(-n3c4ccccc4c4ccc(Oc5cccc(-n6[c-][n+](-c7c(-c8cccc([Si](c9ccccc9)(c9ccccc9)c9ccccc9)c8)cccc7C(C)(C)C)c7ccccc76)c5)cc43)cc2C([2H])([2H])C(C)(C)C)c([2H])c1[2H]. The van der Waals surface area contributed by atoms with E-state index < -0.39 is 50.1 Å². The summed E-state index contributed by atoms with van der Waals surface area (Å²) in [7, 11) is -2.88. The quantitative estimate of drug-likeness (QED) is 0.0529. The van der Waals surface area contributed by atoms with Crippen LogP contribution in [0.4, 0.5) is 0 Å². The van der Waals surface area contributed by atoms with E-state index in [9.17, 15) is 2.74 Å². The third kappa shape index (κ3) is 9.45. The fraction of sp³-hybridized carbons (Fsp3) is 0.120. The normalized spacial score (nSPS) is 13.5. The highest BCUT2D eigenvalue weighted by Crippen LogP contribution is 2.39. The Morgan fingerprint density at radius 1 is 0.531 bits per heavy atom. The summed E-state index contributed by atoms with van der Waals surface area (Å²) in [4.78, 5) is 4.93. The Kier molecular flexibility index (Phi) is 11.1.